The number of fused-ring (bicyclic) bond motifs is 1. The molecule has 0 atom stereocenters. The average molecular weight is 313 g/mol. The highest BCUT2D eigenvalue weighted by molar-refractivity contribution is 6.66. The molecule has 120 valence electrons. The van der Waals surface area contributed by atoms with Crippen molar-refractivity contribution >= 4 is 28.4 Å². The lowest BCUT2D eigenvalue weighted by atomic mass is 10.1. The third-order valence-electron chi connectivity index (χ3n) is 3.15. The summed E-state index contributed by atoms with van der Waals surface area (Å²) in [5.41, 5.74) is 0.162. The Labute approximate surface area is 134 Å². The largest absolute Gasteiger partial charge is 0.454 e. The second kappa shape index (κ2) is 6.20. The molecule has 0 amide bonds. The Morgan fingerprint density at radius 3 is 2.48 bits per heavy atom. The zero-order valence-electron chi connectivity index (χ0n) is 13.5. The predicted molar refractivity (Wildman–Crippen MR) is 87.3 cm³/mol. The minimum Gasteiger partial charge on any atom is -0.454 e. The highest BCUT2D eigenvalue weighted by Gasteiger charge is 2.31. The highest BCUT2D eigenvalue weighted by atomic mass is 16.6. The minimum absolute atomic E-state index is 0.193. The average Bonchev–Trinajstić information content (AvgIpc) is 2.83. The van der Waals surface area contributed by atoms with Crippen LogP contribution in [0.5, 0.6) is 0 Å². The number of esters is 1. The lowest BCUT2D eigenvalue weighted by Crippen LogP contribution is -2.33. The molecule has 0 fully saturated rings. The number of rotatable bonds is 5. The fourth-order valence-corrected chi connectivity index (χ4v) is 2.26. The summed E-state index contributed by atoms with van der Waals surface area (Å²) in [6.07, 6.45) is 3.26. The van der Waals surface area contributed by atoms with Gasteiger partial charge in [-0.1, -0.05) is 24.3 Å². The van der Waals surface area contributed by atoms with E-state index in [1.807, 2.05) is 12.1 Å². The van der Waals surface area contributed by atoms with E-state index in [-0.39, 0.29) is 5.56 Å². The number of nitrogens with zero attached hydrogens (tertiary/aromatic N) is 1. The van der Waals surface area contributed by atoms with Gasteiger partial charge < -0.3 is 9.30 Å². The first-order valence-electron chi connectivity index (χ1n) is 7.25. The summed E-state index contributed by atoms with van der Waals surface area (Å²) in [4.78, 5) is 36.3. The molecule has 2 rings (SSSR count). The molecular formula is C18H19NO4. The number of Topliss-reactive ketones (excluding diaryl/α,β-unsaturated/α-hetero) is 2. The van der Waals surface area contributed by atoms with E-state index in [2.05, 4.69) is 6.58 Å². The molecule has 1 aromatic heterocycles. The van der Waals surface area contributed by atoms with Crippen LogP contribution in [0.25, 0.3) is 10.9 Å². The quantitative estimate of drug-likeness (QED) is 0.280. The van der Waals surface area contributed by atoms with E-state index in [0.717, 1.165) is 5.52 Å². The smallest absolute Gasteiger partial charge is 0.383 e. The van der Waals surface area contributed by atoms with Crippen molar-refractivity contribution in [1.29, 1.82) is 0 Å². The van der Waals surface area contributed by atoms with Crippen LogP contribution in [0, 0.1) is 0 Å². The molecule has 0 saturated heterocycles. The fourth-order valence-electron chi connectivity index (χ4n) is 2.26. The Morgan fingerprint density at radius 2 is 1.87 bits per heavy atom. The minimum atomic E-state index is -1.17. The van der Waals surface area contributed by atoms with Crippen molar-refractivity contribution < 1.29 is 19.1 Å². The molecular weight excluding hydrogens is 294 g/mol. The number of aromatic nitrogens is 1. The molecule has 5 nitrogen and oxygen atoms in total. The van der Waals surface area contributed by atoms with Gasteiger partial charge in [-0.2, -0.15) is 0 Å². The van der Waals surface area contributed by atoms with Crippen molar-refractivity contribution in [2.75, 3.05) is 0 Å². The Bertz CT molecular complexity index is 793. The number of hydrogen-bond donors (Lipinski definition) is 0. The molecule has 2 aromatic rings. The Kier molecular flexibility index (Phi) is 4.50. The molecule has 0 N–H and O–H groups in total. The van der Waals surface area contributed by atoms with Gasteiger partial charge in [-0.25, -0.2) is 4.79 Å². The number of benzene rings is 1. The molecule has 0 radical (unpaired) electrons. The van der Waals surface area contributed by atoms with E-state index in [4.69, 9.17) is 4.74 Å². The maximum absolute atomic E-state index is 12.4. The number of hydrogen-bond acceptors (Lipinski definition) is 4. The molecule has 0 aliphatic heterocycles. The Balaban J connectivity index is 2.40. The Hall–Kier alpha value is -2.69. The van der Waals surface area contributed by atoms with Crippen LogP contribution < -0.4 is 0 Å². The molecule has 0 saturated carbocycles. The van der Waals surface area contributed by atoms with E-state index < -0.39 is 23.1 Å². The normalized spacial score (nSPS) is 11.3. The zero-order chi connectivity index (χ0) is 17.2. The second-order valence-electron chi connectivity index (χ2n) is 6.16. The van der Waals surface area contributed by atoms with Crippen molar-refractivity contribution in [1.82, 2.24) is 4.57 Å². The number of carbonyl (C=O) groups excluding carboxylic acids is 3. The van der Waals surface area contributed by atoms with Gasteiger partial charge in [-0.15, -0.1) is 6.58 Å². The van der Waals surface area contributed by atoms with Gasteiger partial charge in [-0.3, -0.25) is 9.59 Å². The number of ether oxygens (including phenoxy) is 1. The fraction of sp³-hybridized carbons (Fsp3) is 0.278. The molecule has 0 spiro atoms. The maximum atomic E-state index is 12.4. The molecule has 1 heterocycles. The number of ketones is 2. The van der Waals surface area contributed by atoms with Gasteiger partial charge in [-0.05, 0) is 26.8 Å². The van der Waals surface area contributed by atoms with Gasteiger partial charge in [0.2, 0.25) is 5.78 Å². The third kappa shape index (κ3) is 3.56. The van der Waals surface area contributed by atoms with Crippen molar-refractivity contribution in [2.24, 2.45) is 0 Å². The van der Waals surface area contributed by atoms with E-state index in [9.17, 15) is 14.4 Å². The summed E-state index contributed by atoms with van der Waals surface area (Å²) in [7, 11) is 0. The lowest BCUT2D eigenvalue weighted by molar-refractivity contribution is -0.160. The van der Waals surface area contributed by atoms with E-state index in [1.165, 1.54) is 0 Å². The van der Waals surface area contributed by atoms with Crippen molar-refractivity contribution in [3.8, 4) is 0 Å². The molecule has 0 aliphatic rings. The van der Waals surface area contributed by atoms with Crippen LogP contribution in [0.2, 0.25) is 0 Å². The van der Waals surface area contributed by atoms with Crippen LogP contribution in [0.15, 0.2) is 43.1 Å². The zero-order valence-corrected chi connectivity index (χ0v) is 13.5. The van der Waals surface area contributed by atoms with Gasteiger partial charge in [0.05, 0.1) is 5.56 Å². The predicted octanol–water partition coefficient (Wildman–Crippen LogP) is 2.92. The monoisotopic (exact) mass is 313 g/mol. The lowest BCUT2D eigenvalue weighted by Gasteiger charge is -2.18. The van der Waals surface area contributed by atoms with Crippen LogP contribution >= 0.6 is 0 Å². The van der Waals surface area contributed by atoms with E-state index in [1.54, 1.807) is 49.7 Å². The van der Waals surface area contributed by atoms with Crippen LogP contribution in [0.3, 0.4) is 0 Å². The molecule has 1 aromatic carbocycles. The summed E-state index contributed by atoms with van der Waals surface area (Å²) in [6, 6.07) is 7.19. The topological polar surface area (TPSA) is 65.4 Å². The van der Waals surface area contributed by atoms with Crippen LogP contribution in [-0.2, 0) is 20.9 Å². The second-order valence-corrected chi connectivity index (χ2v) is 6.16. The van der Waals surface area contributed by atoms with E-state index in [0.29, 0.717) is 11.9 Å². The first-order chi connectivity index (χ1) is 10.7. The summed E-state index contributed by atoms with van der Waals surface area (Å²) < 4.78 is 6.78. The number of carbonyl (C=O) groups is 3. The Morgan fingerprint density at radius 1 is 1.22 bits per heavy atom. The molecule has 0 aliphatic carbocycles. The molecule has 5 heteroatoms. The molecule has 0 bridgehead atoms. The summed E-state index contributed by atoms with van der Waals surface area (Å²) >= 11 is 0. The van der Waals surface area contributed by atoms with Gasteiger partial charge in [0.15, 0.2) is 0 Å². The maximum Gasteiger partial charge on any atom is 0.383 e. The van der Waals surface area contributed by atoms with Gasteiger partial charge in [0, 0.05) is 23.6 Å². The van der Waals surface area contributed by atoms with Crippen molar-refractivity contribution in [2.45, 2.75) is 32.9 Å². The summed E-state index contributed by atoms with van der Waals surface area (Å²) in [5.74, 6) is -3.16. The SMILES string of the molecule is C=CCn1cc(C(=O)C(=O)C(=O)OC(C)(C)C)c2ccccc21. The molecule has 23 heavy (non-hydrogen) atoms. The third-order valence-corrected chi connectivity index (χ3v) is 3.15. The standard InChI is InChI=1S/C18H19NO4/c1-5-10-19-11-13(12-8-6-7-9-14(12)19)15(20)16(21)17(22)23-18(2,3)4/h5-9,11H,1,10H2,2-4H3. The van der Waals surface area contributed by atoms with Crippen molar-refractivity contribution in [3.63, 3.8) is 0 Å². The number of allylic oxidation sites excluding steroid dienone is 1. The first kappa shape index (κ1) is 16.7. The van der Waals surface area contributed by atoms with Gasteiger partial charge >= 0.3 is 11.8 Å². The molecule has 0 unspecified atom stereocenters. The summed E-state index contributed by atoms with van der Waals surface area (Å²) in [6.45, 7) is 9.08. The van der Waals surface area contributed by atoms with Crippen molar-refractivity contribution in [3.05, 3.63) is 48.7 Å². The van der Waals surface area contributed by atoms with Gasteiger partial charge in [0.25, 0.3) is 0 Å². The summed E-state index contributed by atoms with van der Waals surface area (Å²) in [5, 5.41) is 0.622. The first-order valence-corrected chi connectivity index (χ1v) is 7.25. The number of para-hydroxylation sites is 1. The van der Waals surface area contributed by atoms with Crippen LogP contribution in [0.1, 0.15) is 31.1 Å². The van der Waals surface area contributed by atoms with Crippen LogP contribution in [0.4, 0.5) is 0 Å². The highest BCUT2D eigenvalue weighted by Crippen LogP contribution is 2.22. The van der Waals surface area contributed by atoms with E-state index >= 15 is 0 Å². The van der Waals surface area contributed by atoms with Crippen LogP contribution in [-0.4, -0.2) is 27.7 Å². The van der Waals surface area contributed by atoms with Gasteiger partial charge in [0.1, 0.15) is 5.60 Å².